The molecule has 0 radical (unpaired) electrons. The average Bonchev–Trinajstić information content (AvgIpc) is 3.03. The number of thioether (sulfide) groups is 1. The van der Waals surface area contributed by atoms with Crippen LogP contribution in [0.5, 0.6) is 0 Å². The molecule has 0 spiro atoms. The fraction of sp³-hybridized carbons (Fsp3) is 0.630. The van der Waals surface area contributed by atoms with Crippen molar-refractivity contribution in [3.05, 3.63) is 47.1 Å². The molecule has 1 unspecified atom stereocenters. The molecule has 4 heteroatoms. The molecule has 5 atom stereocenters. The quantitative estimate of drug-likeness (QED) is 0.426. The number of hydrogen-bond donors (Lipinski definition) is 3. The summed E-state index contributed by atoms with van der Waals surface area (Å²) in [6.07, 6.45) is 11.2. The van der Waals surface area contributed by atoms with Crippen molar-refractivity contribution in [3.8, 4) is 11.8 Å². The molecule has 31 heavy (non-hydrogen) atoms. The van der Waals surface area contributed by atoms with Crippen molar-refractivity contribution in [3.63, 3.8) is 0 Å². The zero-order valence-corrected chi connectivity index (χ0v) is 20.3. The number of hydrogen-bond acceptors (Lipinski definition) is 4. The van der Waals surface area contributed by atoms with Crippen molar-refractivity contribution in [1.82, 2.24) is 0 Å². The molecule has 0 aliphatic heterocycles. The van der Waals surface area contributed by atoms with E-state index in [4.69, 9.17) is 0 Å². The number of aliphatic hydroxyl groups is 3. The minimum absolute atomic E-state index is 0.182. The van der Waals surface area contributed by atoms with E-state index in [1.807, 2.05) is 11.8 Å². The summed E-state index contributed by atoms with van der Waals surface area (Å²) in [7, 11) is 0. The Labute approximate surface area is 192 Å². The second-order valence-corrected chi connectivity index (χ2v) is 11.4. The minimum atomic E-state index is -0.930. The van der Waals surface area contributed by atoms with E-state index in [1.165, 1.54) is 18.4 Å². The van der Waals surface area contributed by atoms with E-state index < -0.39 is 17.8 Å². The van der Waals surface area contributed by atoms with Crippen LogP contribution in [0.2, 0.25) is 0 Å². The van der Waals surface area contributed by atoms with E-state index >= 15 is 0 Å². The van der Waals surface area contributed by atoms with Gasteiger partial charge < -0.3 is 15.3 Å². The summed E-state index contributed by atoms with van der Waals surface area (Å²) in [5.74, 6) is 7.26. The maximum absolute atomic E-state index is 10.1. The molecule has 0 aromatic rings. The zero-order valence-electron chi connectivity index (χ0n) is 19.4. The summed E-state index contributed by atoms with van der Waals surface area (Å²) < 4.78 is 0. The second-order valence-electron chi connectivity index (χ2n) is 10.1. The Bertz CT molecular complexity index is 848. The Balaban J connectivity index is 1.71. The molecule has 3 aliphatic carbocycles. The molecule has 170 valence electrons. The summed E-state index contributed by atoms with van der Waals surface area (Å²) in [6.45, 7) is 12.2. The Morgan fingerprint density at radius 1 is 1.35 bits per heavy atom. The third kappa shape index (κ3) is 5.76. The van der Waals surface area contributed by atoms with Gasteiger partial charge in [-0.25, -0.2) is 0 Å². The molecule has 3 rings (SSSR count). The van der Waals surface area contributed by atoms with Crippen LogP contribution in [0.3, 0.4) is 0 Å². The molecule has 0 amide bonds. The third-order valence-electron chi connectivity index (χ3n) is 7.11. The van der Waals surface area contributed by atoms with Crippen LogP contribution in [-0.2, 0) is 0 Å². The minimum Gasteiger partial charge on any atom is -0.393 e. The molecule has 3 nitrogen and oxygen atoms in total. The lowest BCUT2D eigenvalue weighted by atomic mass is 9.64. The van der Waals surface area contributed by atoms with Crippen LogP contribution in [0.1, 0.15) is 66.2 Å². The third-order valence-corrected chi connectivity index (χ3v) is 8.18. The first kappa shape index (κ1) is 24.4. The average molecular weight is 443 g/mol. The van der Waals surface area contributed by atoms with Gasteiger partial charge in [-0.3, -0.25) is 0 Å². The maximum atomic E-state index is 10.1. The number of aliphatic hydroxyl groups excluding tert-OH is 2. The van der Waals surface area contributed by atoms with Gasteiger partial charge in [-0.2, -0.15) is 0 Å². The van der Waals surface area contributed by atoms with Gasteiger partial charge in [0.15, 0.2) is 0 Å². The standard InChI is InChI=1S/C27H38O3S/c1-18-21(16-22(28)17-25(18)29)10-9-20-8-6-14-27(5)23(11-12-24(20)27)19(2)31-15-7-13-26(3,4)30/h9-11,19,22,24-25,28-30H,1,6,8,12,14-17H2,2-5H3/b20-9+,21-10-/t19?,22-,24+,25+,27-/m1/s1. The molecule has 0 aromatic carbocycles. The van der Waals surface area contributed by atoms with Crippen LogP contribution in [0, 0.1) is 23.2 Å². The van der Waals surface area contributed by atoms with Gasteiger partial charge in [-0.1, -0.05) is 54.7 Å². The largest absolute Gasteiger partial charge is 0.393 e. The molecule has 0 saturated heterocycles. The molecule has 2 fully saturated rings. The molecule has 3 aliphatic rings. The van der Waals surface area contributed by atoms with Crippen LogP contribution in [-0.4, -0.2) is 44.1 Å². The fourth-order valence-corrected chi connectivity index (χ4v) is 6.41. The summed E-state index contributed by atoms with van der Waals surface area (Å²) in [5.41, 5.74) is 4.00. The van der Waals surface area contributed by atoms with Crippen molar-refractivity contribution in [1.29, 1.82) is 0 Å². The van der Waals surface area contributed by atoms with E-state index in [9.17, 15) is 15.3 Å². The second kappa shape index (κ2) is 9.71. The van der Waals surface area contributed by atoms with Crippen molar-refractivity contribution < 1.29 is 15.3 Å². The zero-order chi connectivity index (χ0) is 22.8. The van der Waals surface area contributed by atoms with Crippen molar-refractivity contribution in [2.24, 2.45) is 11.3 Å². The molecule has 2 saturated carbocycles. The topological polar surface area (TPSA) is 60.7 Å². The van der Waals surface area contributed by atoms with Gasteiger partial charge in [0.2, 0.25) is 0 Å². The molecular weight excluding hydrogens is 404 g/mol. The van der Waals surface area contributed by atoms with Crippen LogP contribution in [0.15, 0.2) is 47.1 Å². The lowest BCUT2D eigenvalue weighted by molar-refractivity contribution is 0.0862. The van der Waals surface area contributed by atoms with Crippen LogP contribution in [0.25, 0.3) is 0 Å². The van der Waals surface area contributed by atoms with Gasteiger partial charge in [0.05, 0.1) is 18.0 Å². The Kier molecular flexibility index (Phi) is 7.64. The van der Waals surface area contributed by atoms with Crippen LogP contribution in [0.4, 0.5) is 0 Å². The van der Waals surface area contributed by atoms with Gasteiger partial charge in [0, 0.05) is 11.7 Å². The Morgan fingerprint density at radius 2 is 2.10 bits per heavy atom. The maximum Gasteiger partial charge on any atom is 0.119 e. The molecule has 0 aromatic heterocycles. The highest BCUT2D eigenvalue weighted by molar-refractivity contribution is 8.00. The number of fused-ring (bicyclic) bond motifs is 1. The monoisotopic (exact) mass is 442 g/mol. The summed E-state index contributed by atoms with van der Waals surface area (Å²) in [6, 6.07) is 0. The number of rotatable bonds is 4. The van der Waals surface area contributed by atoms with Gasteiger partial charge in [0.1, 0.15) is 5.60 Å². The van der Waals surface area contributed by atoms with Crippen molar-refractivity contribution in [2.45, 2.75) is 89.3 Å². The predicted octanol–water partition coefficient (Wildman–Crippen LogP) is 4.94. The molecular formula is C27H38O3S. The van der Waals surface area contributed by atoms with E-state index in [1.54, 1.807) is 19.4 Å². The SMILES string of the molecule is C=C1/C(=C\C=C2/CCC[C@]3(C)C(C(C)SCC#CC(C)(C)O)=CC[C@@H]23)C[C@@H](O)C[C@@H]1O. The Morgan fingerprint density at radius 3 is 2.81 bits per heavy atom. The smallest absolute Gasteiger partial charge is 0.119 e. The molecule has 3 N–H and O–H groups in total. The highest BCUT2D eigenvalue weighted by Crippen LogP contribution is 2.56. The van der Waals surface area contributed by atoms with Gasteiger partial charge >= 0.3 is 0 Å². The lowest BCUT2D eigenvalue weighted by Crippen LogP contribution is -2.33. The summed E-state index contributed by atoms with van der Waals surface area (Å²) in [5, 5.41) is 30.3. The number of allylic oxidation sites excluding steroid dienone is 4. The van der Waals surface area contributed by atoms with Gasteiger partial charge in [-0.15, -0.1) is 11.8 Å². The first-order chi connectivity index (χ1) is 14.5. The highest BCUT2D eigenvalue weighted by atomic mass is 32.2. The van der Waals surface area contributed by atoms with Crippen molar-refractivity contribution >= 4 is 11.8 Å². The predicted molar refractivity (Wildman–Crippen MR) is 131 cm³/mol. The first-order valence-electron chi connectivity index (χ1n) is 11.5. The first-order valence-corrected chi connectivity index (χ1v) is 12.6. The fourth-order valence-electron chi connectivity index (χ4n) is 5.46. The molecule has 0 heterocycles. The summed E-state index contributed by atoms with van der Waals surface area (Å²) >= 11 is 1.86. The normalized spacial score (nSPS) is 34.9. The van der Waals surface area contributed by atoms with E-state index in [0.29, 0.717) is 24.0 Å². The summed E-state index contributed by atoms with van der Waals surface area (Å²) in [4.78, 5) is 0. The molecule has 0 bridgehead atoms. The van der Waals surface area contributed by atoms with E-state index in [2.05, 4.69) is 50.5 Å². The van der Waals surface area contributed by atoms with E-state index in [0.717, 1.165) is 29.7 Å². The Hall–Kier alpha value is -1.25. The van der Waals surface area contributed by atoms with E-state index in [-0.39, 0.29) is 5.41 Å². The van der Waals surface area contributed by atoms with Gasteiger partial charge in [-0.05, 0) is 75.4 Å². The van der Waals surface area contributed by atoms with Crippen LogP contribution < -0.4 is 0 Å². The van der Waals surface area contributed by atoms with Gasteiger partial charge in [0.25, 0.3) is 0 Å². The van der Waals surface area contributed by atoms with Crippen molar-refractivity contribution in [2.75, 3.05) is 5.75 Å². The van der Waals surface area contributed by atoms with Crippen LogP contribution >= 0.6 is 11.8 Å². The highest BCUT2D eigenvalue weighted by Gasteiger charge is 2.46. The lowest BCUT2D eigenvalue weighted by Gasteiger charge is -2.42.